The Hall–Kier alpha value is -2.51. The lowest BCUT2D eigenvalue weighted by molar-refractivity contribution is 0.0822. The zero-order valence-corrected chi connectivity index (χ0v) is 18.5. The SMILES string of the molecule is CN(C)C(=O)c1ccc(C2=CCN(Cc3cc4c(Br)ccnc4n3C)CC2)cn1. The number of amides is 1. The molecule has 0 radical (unpaired) electrons. The average Bonchev–Trinajstić information content (AvgIpc) is 3.05. The van der Waals surface area contributed by atoms with Gasteiger partial charge in [0.05, 0.1) is 0 Å². The third-order valence-electron chi connectivity index (χ3n) is 5.41. The molecule has 1 aliphatic rings. The third-order valence-corrected chi connectivity index (χ3v) is 6.11. The van der Waals surface area contributed by atoms with Crippen molar-refractivity contribution in [1.29, 1.82) is 0 Å². The van der Waals surface area contributed by atoms with E-state index in [1.807, 2.05) is 30.6 Å². The fraction of sp³-hybridized carbons (Fsp3) is 0.318. The van der Waals surface area contributed by atoms with Crippen molar-refractivity contribution in [3.63, 3.8) is 0 Å². The maximum atomic E-state index is 12.0. The quantitative estimate of drug-likeness (QED) is 0.603. The number of aryl methyl sites for hydroxylation is 1. The molecule has 0 atom stereocenters. The normalized spacial score (nSPS) is 14.8. The van der Waals surface area contributed by atoms with Gasteiger partial charge in [0.2, 0.25) is 0 Å². The first-order chi connectivity index (χ1) is 13.9. The lowest BCUT2D eigenvalue weighted by Crippen LogP contribution is -2.28. The van der Waals surface area contributed by atoms with Crippen molar-refractivity contribution < 1.29 is 4.79 Å². The van der Waals surface area contributed by atoms with Gasteiger partial charge in [0.15, 0.2) is 0 Å². The molecule has 0 aromatic carbocycles. The molecule has 3 aromatic heterocycles. The van der Waals surface area contributed by atoms with Gasteiger partial charge in [-0.2, -0.15) is 0 Å². The average molecular weight is 454 g/mol. The summed E-state index contributed by atoms with van der Waals surface area (Å²) < 4.78 is 3.25. The molecule has 7 heteroatoms. The number of halogens is 1. The van der Waals surface area contributed by atoms with E-state index in [-0.39, 0.29) is 5.91 Å². The number of nitrogens with zero attached hydrogens (tertiary/aromatic N) is 5. The van der Waals surface area contributed by atoms with Crippen LogP contribution in [0.5, 0.6) is 0 Å². The predicted octanol–water partition coefficient (Wildman–Crippen LogP) is 3.72. The molecule has 150 valence electrons. The van der Waals surface area contributed by atoms with E-state index >= 15 is 0 Å². The minimum atomic E-state index is -0.0728. The van der Waals surface area contributed by atoms with Crippen molar-refractivity contribution in [3.8, 4) is 0 Å². The summed E-state index contributed by atoms with van der Waals surface area (Å²) in [6, 6.07) is 8.01. The molecule has 0 saturated carbocycles. The van der Waals surface area contributed by atoms with E-state index in [0.717, 1.165) is 47.1 Å². The van der Waals surface area contributed by atoms with Crippen LogP contribution in [0.3, 0.4) is 0 Å². The molecule has 4 rings (SSSR count). The molecule has 0 spiro atoms. The number of pyridine rings is 2. The van der Waals surface area contributed by atoms with Crippen LogP contribution >= 0.6 is 15.9 Å². The van der Waals surface area contributed by atoms with Crippen molar-refractivity contribution in [2.24, 2.45) is 7.05 Å². The van der Waals surface area contributed by atoms with Crippen molar-refractivity contribution in [3.05, 3.63) is 64.2 Å². The molecule has 1 amide bonds. The van der Waals surface area contributed by atoms with Crippen LogP contribution in [0.2, 0.25) is 0 Å². The molecule has 3 aromatic rings. The van der Waals surface area contributed by atoms with Crippen LogP contribution in [0, 0.1) is 0 Å². The summed E-state index contributed by atoms with van der Waals surface area (Å²) in [5, 5.41) is 1.15. The number of aromatic nitrogens is 3. The van der Waals surface area contributed by atoms with E-state index in [4.69, 9.17) is 0 Å². The van der Waals surface area contributed by atoms with Crippen LogP contribution in [-0.4, -0.2) is 57.4 Å². The highest BCUT2D eigenvalue weighted by molar-refractivity contribution is 9.10. The number of rotatable bonds is 4. The summed E-state index contributed by atoms with van der Waals surface area (Å²) in [7, 11) is 5.55. The van der Waals surface area contributed by atoms with Crippen LogP contribution in [0.4, 0.5) is 0 Å². The van der Waals surface area contributed by atoms with Crippen LogP contribution < -0.4 is 0 Å². The second-order valence-corrected chi connectivity index (χ2v) is 8.43. The van der Waals surface area contributed by atoms with Crippen molar-refractivity contribution >= 4 is 38.4 Å². The maximum Gasteiger partial charge on any atom is 0.271 e. The summed E-state index contributed by atoms with van der Waals surface area (Å²) in [6.45, 7) is 2.77. The van der Waals surface area contributed by atoms with Gasteiger partial charge in [0.25, 0.3) is 5.91 Å². The minimum Gasteiger partial charge on any atom is -0.343 e. The minimum absolute atomic E-state index is 0.0728. The first-order valence-electron chi connectivity index (χ1n) is 9.62. The molecule has 0 N–H and O–H groups in total. The molecular formula is C22H24BrN5O. The van der Waals surface area contributed by atoms with Crippen LogP contribution in [-0.2, 0) is 13.6 Å². The number of hydrogen-bond acceptors (Lipinski definition) is 4. The molecule has 0 fully saturated rings. The molecule has 0 saturated heterocycles. The Balaban J connectivity index is 1.46. The number of carbonyl (C=O) groups is 1. The van der Waals surface area contributed by atoms with Gasteiger partial charge in [0, 0.05) is 68.7 Å². The first-order valence-corrected chi connectivity index (χ1v) is 10.4. The van der Waals surface area contributed by atoms with Crippen LogP contribution in [0.1, 0.15) is 28.2 Å². The van der Waals surface area contributed by atoms with Crippen molar-refractivity contribution in [2.75, 3.05) is 27.2 Å². The summed E-state index contributed by atoms with van der Waals surface area (Å²) in [5.41, 5.74) is 5.12. The molecule has 6 nitrogen and oxygen atoms in total. The smallest absolute Gasteiger partial charge is 0.271 e. The predicted molar refractivity (Wildman–Crippen MR) is 119 cm³/mol. The van der Waals surface area contributed by atoms with Crippen LogP contribution in [0.25, 0.3) is 16.6 Å². The summed E-state index contributed by atoms with van der Waals surface area (Å²) in [5.74, 6) is -0.0728. The van der Waals surface area contributed by atoms with E-state index in [9.17, 15) is 4.79 Å². The standard InChI is InChI=1S/C22H24BrN5O/c1-26(2)22(29)20-5-4-16(13-25-20)15-7-10-28(11-8-15)14-17-12-18-19(23)6-9-24-21(18)27(17)3/h4-7,9,12-13H,8,10-11,14H2,1-3H3. The van der Waals surface area contributed by atoms with Crippen molar-refractivity contribution in [2.45, 2.75) is 13.0 Å². The van der Waals surface area contributed by atoms with E-state index in [0.29, 0.717) is 5.69 Å². The molecular weight excluding hydrogens is 430 g/mol. The van der Waals surface area contributed by atoms with Crippen molar-refractivity contribution in [1.82, 2.24) is 24.3 Å². The Morgan fingerprint density at radius 1 is 1.24 bits per heavy atom. The Labute approximate surface area is 179 Å². The van der Waals surface area contributed by atoms with Gasteiger partial charge in [-0.15, -0.1) is 0 Å². The highest BCUT2D eigenvalue weighted by Crippen LogP contribution is 2.27. The van der Waals surface area contributed by atoms with E-state index in [1.54, 1.807) is 19.0 Å². The molecule has 0 bridgehead atoms. The maximum absolute atomic E-state index is 12.0. The second kappa shape index (κ2) is 8.08. The molecule has 4 heterocycles. The highest BCUT2D eigenvalue weighted by Gasteiger charge is 2.17. The van der Waals surface area contributed by atoms with E-state index < -0.39 is 0 Å². The van der Waals surface area contributed by atoms with Gasteiger partial charge in [-0.1, -0.05) is 12.1 Å². The summed E-state index contributed by atoms with van der Waals surface area (Å²) >= 11 is 3.62. The van der Waals surface area contributed by atoms with E-state index in [2.05, 4.69) is 54.6 Å². The molecule has 0 aliphatic carbocycles. The van der Waals surface area contributed by atoms with Gasteiger partial charge in [-0.3, -0.25) is 14.7 Å². The zero-order valence-electron chi connectivity index (χ0n) is 16.9. The Morgan fingerprint density at radius 3 is 2.69 bits per heavy atom. The lowest BCUT2D eigenvalue weighted by Gasteiger charge is -2.26. The lowest BCUT2D eigenvalue weighted by atomic mass is 10.0. The topological polar surface area (TPSA) is 54.3 Å². The van der Waals surface area contributed by atoms with Gasteiger partial charge in [-0.05, 0) is 51.7 Å². The monoisotopic (exact) mass is 453 g/mol. The Morgan fingerprint density at radius 2 is 2.07 bits per heavy atom. The number of carbonyl (C=O) groups excluding carboxylic acids is 1. The Bertz CT molecular complexity index is 1080. The molecule has 1 aliphatic heterocycles. The third kappa shape index (κ3) is 3.97. The molecule has 29 heavy (non-hydrogen) atoms. The highest BCUT2D eigenvalue weighted by atomic mass is 79.9. The first kappa shape index (κ1) is 19.8. The summed E-state index contributed by atoms with van der Waals surface area (Å²) in [6.07, 6.45) is 6.88. The molecule has 0 unspecified atom stereocenters. The Kier molecular flexibility index (Phi) is 5.52. The number of hydrogen-bond donors (Lipinski definition) is 0. The van der Waals surface area contributed by atoms with Gasteiger partial charge >= 0.3 is 0 Å². The zero-order chi connectivity index (χ0) is 20.5. The van der Waals surface area contributed by atoms with E-state index in [1.165, 1.54) is 11.3 Å². The van der Waals surface area contributed by atoms with Crippen LogP contribution in [0.15, 0.2) is 47.2 Å². The summed E-state index contributed by atoms with van der Waals surface area (Å²) in [4.78, 5) is 24.8. The fourth-order valence-corrected chi connectivity index (χ4v) is 4.09. The number of fused-ring (bicyclic) bond motifs is 1. The van der Waals surface area contributed by atoms with Gasteiger partial charge in [-0.25, -0.2) is 4.98 Å². The van der Waals surface area contributed by atoms with Gasteiger partial charge < -0.3 is 9.47 Å². The van der Waals surface area contributed by atoms with Gasteiger partial charge in [0.1, 0.15) is 11.3 Å². The largest absolute Gasteiger partial charge is 0.343 e. The second-order valence-electron chi connectivity index (χ2n) is 7.57. The fourth-order valence-electron chi connectivity index (χ4n) is 3.68.